The van der Waals surface area contributed by atoms with Gasteiger partial charge in [-0.1, -0.05) is 11.6 Å². The van der Waals surface area contributed by atoms with Crippen molar-refractivity contribution in [3.8, 4) is 5.75 Å². The summed E-state index contributed by atoms with van der Waals surface area (Å²) in [6, 6.07) is 1.39. The maximum absolute atomic E-state index is 14.3. The fraction of sp³-hybridized carbons (Fsp3) is 0.727. The lowest BCUT2D eigenvalue weighted by Gasteiger charge is -2.40. The van der Waals surface area contributed by atoms with Crippen molar-refractivity contribution in [3.63, 3.8) is 0 Å². The van der Waals surface area contributed by atoms with Crippen LogP contribution in [0.1, 0.15) is 41.6 Å². The third-order valence-corrected chi connectivity index (χ3v) is 9.98. The third-order valence-electron chi connectivity index (χ3n) is 9.67. The standard InChI is InChI=1S/C33H50ClN3O13/c1-44-12-2-7-36-8-3-19(4-9-36)37(32(43)21-15-22(34)26(35)20-6-13-46-28(20)21)10-14-45-24(16-39)29(23(41)5-11-38)50-33-27(42)31-30(47-18-48-31)25(17-40)49-33/h15,17,19,23-24,27,29-31,33,38-42H,2-14,16,18,35H2,1H3/b25-17+/t23?,24-,27?,29?,30+,31?,33+/m1/s1. The smallest absolute Gasteiger partial charge is 0.258 e. The van der Waals surface area contributed by atoms with E-state index in [2.05, 4.69) is 4.90 Å². The summed E-state index contributed by atoms with van der Waals surface area (Å²) in [5.74, 6) is 0.0854. The molecule has 50 heavy (non-hydrogen) atoms. The molecule has 0 aliphatic carbocycles. The largest absolute Gasteiger partial charge is 0.512 e. The number of nitrogens with two attached hydrogens (primary N) is 1. The molecule has 0 saturated carbocycles. The van der Waals surface area contributed by atoms with Crippen molar-refractivity contribution in [2.45, 2.75) is 81.1 Å². The molecular weight excluding hydrogens is 682 g/mol. The monoisotopic (exact) mass is 731 g/mol. The highest BCUT2D eigenvalue weighted by molar-refractivity contribution is 6.33. The molecule has 1 aromatic carbocycles. The van der Waals surface area contributed by atoms with E-state index in [0.29, 0.717) is 61.3 Å². The molecule has 1 aromatic rings. The zero-order valence-electron chi connectivity index (χ0n) is 28.2. The number of aliphatic hydroxyl groups excluding tert-OH is 5. The molecule has 282 valence electrons. The minimum Gasteiger partial charge on any atom is -0.512 e. The number of halogens is 1. The number of nitrogen functional groups attached to an aromatic ring is 1. The Hall–Kier alpha value is -2.48. The van der Waals surface area contributed by atoms with Gasteiger partial charge in [-0.15, -0.1) is 0 Å². The molecular formula is C33H50ClN3O13. The maximum atomic E-state index is 14.3. The molecule has 4 aliphatic rings. The van der Waals surface area contributed by atoms with E-state index >= 15 is 0 Å². The molecule has 4 heterocycles. The highest BCUT2D eigenvalue weighted by Crippen LogP contribution is 2.40. The Labute approximate surface area is 296 Å². The van der Waals surface area contributed by atoms with Gasteiger partial charge in [0.25, 0.3) is 5.91 Å². The molecule has 5 rings (SSSR count). The molecule has 16 nitrogen and oxygen atoms in total. The molecule has 0 aromatic heterocycles. The van der Waals surface area contributed by atoms with Crippen LogP contribution < -0.4 is 10.5 Å². The van der Waals surface area contributed by atoms with Gasteiger partial charge in [0.15, 0.2) is 5.76 Å². The van der Waals surface area contributed by atoms with Gasteiger partial charge in [-0.3, -0.25) is 4.79 Å². The Bertz CT molecular complexity index is 1300. The second-order valence-electron chi connectivity index (χ2n) is 12.8. The van der Waals surface area contributed by atoms with E-state index in [4.69, 9.17) is 50.5 Å². The van der Waals surface area contributed by atoms with Gasteiger partial charge in [0.05, 0.1) is 42.2 Å². The molecule has 17 heteroatoms. The lowest BCUT2D eigenvalue weighted by atomic mass is 10.00. The van der Waals surface area contributed by atoms with Crippen molar-refractivity contribution < 1.29 is 63.5 Å². The number of nitrogens with zero attached hydrogens (tertiary/aromatic N) is 2. The van der Waals surface area contributed by atoms with Crippen LogP contribution in [-0.2, 0) is 34.8 Å². The number of hydrogen-bond acceptors (Lipinski definition) is 15. The van der Waals surface area contributed by atoms with Gasteiger partial charge >= 0.3 is 0 Å². The van der Waals surface area contributed by atoms with E-state index in [1.165, 1.54) is 6.07 Å². The van der Waals surface area contributed by atoms with Crippen molar-refractivity contribution >= 4 is 23.2 Å². The molecule has 1 amide bonds. The van der Waals surface area contributed by atoms with Crippen LogP contribution in [0.5, 0.6) is 5.75 Å². The predicted octanol–water partition coefficient (Wildman–Crippen LogP) is 0.164. The summed E-state index contributed by atoms with van der Waals surface area (Å²) in [5, 5.41) is 51.9. The summed E-state index contributed by atoms with van der Waals surface area (Å²) in [5.41, 5.74) is 7.62. The Morgan fingerprint density at radius 1 is 1.24 bits per heavy atom. The summed E-state index contributed by atoms with van der Waals surface area (Å²) < 4.78 is 39.6. The zero-order valence-corrected chi connectivity index (χ0v) is 29.0. The average Bonchev–Trinajstić information content (AvgIpc) is 3.82. The van der Waals surface area contributed by atoms with Gasteiger partial charge < -0.3 is 74.2 Å². The Morgan fingerprint density at radius 2 is 2.02 bits per heavy atom. The average molecular weight is 732 g/mol. The Balaban J connectivity index is 1.31. The number of methoxy groups -OCH3 is 1. The number of amides is 1. The number of carbonyl (C=O) groups is 1. The molecule has 0 bridgehead atoms. The highest BCUT2D eigenvalue weighted by Gasteiger charge is 2.50. The van der Waals surface area contributed by atoms with E-state index in [-0.39, 0.29) is 49.1 Å². The number of benzene rings is 1. The van der Waals surface area contributed by atoms with Gasteiger partial charge in [-0.2, -0.15) is 0 Å². The number of anilines is 1. The Kier molecular flexibility index (Phi) is 14.2. The third kappa shape index (κ3) is 8.75. The summed E-state index contributed by atoms with van der Waals surface area (Å²) in [7, 11) is 1.68. The maximum Gasteiger partial charge on any atom is 0.258 e. The SMILES string of the molecule is COCCCN1CCC(N(CCO[C@H](CO)C(O[C@@H]2O/C(=C/O)[C@@H]3OCOC3C2O)C(O)CCO)C(=O)c2cc(Cl)c(N)c3c2OCC3)CC1. The van der Waals surface area contributed by atoms with Crippen LogP contribution in [0.4, 0.5) is 5.69 Å². The number of hydrogen-bond donors (Lipinski definition) is 6. The summed E-state index contributed by atoms with van der Waals surface area (Å²) in [4.78, 5) is 18.4. The van der Waals surface area contributed by atoms with Crippen molar-refractivity contribution in [2.24, 2.45) is 0 Å². The lowest BCUT2D eigenvalue weighted by Crippen LogP contribution is -2.55. The molecule has 3 fully saturated rings. The quantitative estimate of drug-likeness (QED) is 0.0715. The summed E-state index contributed by atoms with van der Waals surface area (Å²) in [6.45, 7) is 2.38. The first-order chi connectivity index (χ1) is 24.2. The van der Waals surface area contributed by atoms with Gasteiger partial charge in [0, 0.05) is 64.5 Å². The lowest BCUT2D eigenvalue weighted by molar-refractivity contribution is -0.273. The van der Waals surface area contributed by atoms with Gasteiger partial charge in [-0.05, 0) is 31.7 Å². The Morgan fingerprint density at radius 3 is 2.72 bits per heavy atom. The van der Waals surface area contributed by atoms with Crippen molar-refractivity contribution in [1.29, 1.82) is 0 Å². The fourth-order valence-electron chi connectivity index (χ4n) is 6.98. The van der Waals surface area contributed by atoms with Crippen LogP contribution in [0.25, 0.3) is 0 Å². The normalized spacial score (nSPS) is 26.6. The number of rotatable bonds is 17. The molecule has 3 saturated heterocycles. The highest BCUT2D eigenvalue weighted by atomic mass is 35.5. The first kappa shape index (κ1) is 38.7. The topological polar surface area (TPSA) is 215 Å². The van der Waals surface area contributed by atoms with Gasteiger partial charge in [0.2, 0.25) is 6.29 Å². The number of piperidine rings is 1. The van der Waals surface area contributed by atoms with E-state index in [9.17, 15) is 30.3 Å². The van der Waals surface area contributed by atoms with Crippen molar-refractivity contribution in [1.82, 2.24) is 9.80 Å². The second-order valence-corrected chi connectivity index (χ2v) is 13.2. The number of ether oxygens (including phenoxy) is 7. The van der Waals surface area contributed by atoms with Crippen LogP contribution in [0.15, 0.2) is 18.1 Å². The number of aliphatic hydroxyl groups is 5. The number of fused-ring (bicyclic) bond motifs is 2. The first-order valence-electron chi connectivity index (χ1n) is 17.1. The minimum atomic E-state index is -1.45. The summed E-state index contributed by atoms with van der Waals surface area (Å²) in [6.07, 6.45) is -5.06. The number of carbonyl (C=O) groups excluding carboxylic acids is 1. The van der Waals surface area contributed by atoms with Crippen LogP contribution in [0, 0.1) is 0 Å². The van der Waals surface area contributed by atoms with E-state index in [0.717, 1.165) is 26.1 Å². The van der Waals surface area contributed by atoms with Crippen LogP contribution in [0.3, 0.4) is 0 Å². The van der Waals surface area contributed by atoms with Gasteiger partial charge in [-0.25, -0.2) is 0 Å². The first-order valence-corrected chi connectivity index (χ1v) is 17.4. The van der Waals surface area contributed by atoms with E-state index < -0.39 is 56.1 Å². The van der Waals surface area contributed by atoms with Gasteiger partial charge in [0.1, 0.15) is 49.3 Å². The predicted molar refractivity (Wildman–Crippen MR) is 178 cm³/mol. The fourth-order valence-corrected chi connectivity index (χ4v) is 7.21. The zero-order chi connectivity index (χ0) is 35.8. The van der Waals surface area contributed by atoms with E-state index in [1.54, 1.807) is 12.0 Å². The molecule has 0 radical (unpaired) electrons. The van der Waals surface area contributed by atoms with Crippen LogP contribution >= 0.6 is 11.6 Å². The van der Waals surface area contributed by atoms with Crippen molar-refractivity contribution in [2.75, 3.05) is 78.8 Å². The molecule has 7 atom stereocenters. The summed E-state index contributed by atoms with van der Waals surface area (Å²) >= 11 is 6.47. The minimum absolute atomic E-state index is 0.0446. The molecule has 7 N–H and O–H groups in total. The van der Waals surface area contributed by atoms with Crippen LogP contribution in [0.2, 0.25) is 5.02 Å². The van der Waals surface area contributed by atoms with E-state index in [1.807, 2.05) is 0 Å². The van der Waals surface area contributed by atoms with Crippen molar-refractivity contribution in [3.05, 3.63) is 34.2 Å². The second kappa shape index (κ2) is 18.3. The number of likely N-dealkylation sites (tertiary alicyclic amines) is 1. The molecule has 4 aliphatic heterocycles. The molecule has 4 unspecified atom stereocenters. The van der Waals surface area contributed by atoms with Crippen LogP contribution in [-0.4, -0.2) is 163 Å². The molecule has 0 spiro atoms.